The molecule has 1 aromatic carbocycles. The molecule has 0 aliphatic carbocycles. The van der Waals surface area contributed by atoms with Crippen molar-refractivity contribution in [3.8, 4) is 5.75 Å². The van der Waals surface area contributed by atoms with E-state index < -0.39 is 0 Å². The van der Waals surface area contributed by atoms with Gasteiger partial charge in [0.2, 0.25) is 0 Å². The fourth-order valence-electron chi connectivity index (χ4n) is 2.65. The molecule has 1 unspecified atom stereocenters. The molecule has 3 nitrogen and oxygen atoms in total. The van der Waals surface area contributed by atoms with Gasteiger partial charge in [-0.15, -0.1) is 0 Å². The summed E-state index contributed by atoms with van der Waals surface area (Å²) < 4.78 is 5.55. The van der Waals surface area contributed by atoms with Crippen molar-refractivity contribution in [3.05, 3.63) is 29.3 Å². The van der Waals surface area contributed by atoms with Crippen molar-refractivity contribution in [2.24, 2.45) is 11.7 Å². The Balaban J connectivity index is 2.01. The highest BCUT2D eigenvalue weighted by Gasteiger charge is 2.16. The first-order chi connectivity index (χ1) is 9.28. The molecule has 1 aromatic rings. The Morgan fingerprint density at radius 2 is 2.11 bits per heavy atom. The van der Waals surface area contributed by atoms with Gasteiger partial charge in [0.15, 0.2) is 0 Å². The number of hydrogen-bond acceptors (Lipinski definition) is 3. The first-order valence-electron chi connectivity index (χ1n) is 7.47. The summed E-state index contributed by atoms with van der Waals surface area (Å²) in [5, 5.41) is 3.61. The molecule has 0 fully saturated rings. The first-order valence-corrected chi connectivity index (χ1v) is 7.47. The van der Waals surface area contributed by atoms with E-state index in [0.29, 0.717) is 6.54 Å². The van der Waals surface area contributed by atoms with Gasteiger partial charge in [-0.25, -0.2) is 0 Å². The third-order valence-corrected chi connectivity index (χ3v) is 4.16. The van der Waals surface area contributed by atoms with Crippen LogP contribution in [0.15, 0.2) is 18.2 Å². The van der Waals surface area contributed by atoms with E-state index in [9.17, 15) is 0 Å². The van der Waals surface area contributed by atoms with E-state index >= 15 is 0 Å². The monoisotopic (exact) mass is 262 g/mol. The predicted octanol–water partition coefficient (Wildman–Crippen LogP) is 2.65. The van der Waals surface area contributed by atoms with Crippen LogP contribution in [0.1, 0.15) is 43.9 Å². The Bertz CT molecular complexity index is 402. The maximum absolute atomic E-state index is 5.93. The van der Waals surface area contributed by atoms with Crippen molar-refractivity contribution in [3.63, 3.8) is 0 Å². The van der Waals surface area contributed by atoms with E-state index in [-0.39, 0.29) is 6.04 Å². The van der Waals surface area contributed by atoms with Crippen LogP contribution in [-0.2, 0) is 6.42 Å². The molecule has 1 heterocycles. The van der Waals surface area contributed by atoms with E-state index in [1.165, 1.54) is 24.0 Å². The number of hydrogen-bond donors (Lipinski definition) is 2. The van der Waals surface area contributed by atoms with E-state index in [0.717, 1.165) is 31.2 Å². The van der Waals surface area contributed by atoms with Gasteiger partial charge in [-0.3, -0.25) is 0 Å². The molecular formula is C16H26N2O. The first kappa shape index (κ1) is 14.4. The van der Waals surface area contributed by atoms with Crippen LogP contribution in [0.3, 0.4) is 0 Å². The summed E-state index contributed by atoms with van der Waals surface area (Å²) in [6, 6.07) is 6.73. The number of benzene rings is 1. The van der Waals surface area contributed by atoms with E-state index in [2.05, 4.69) is 37.4 Å². The smallest absolute Gasteiger partial charge is 0.122 e. The van der Waals surface area contributed by atoms with E-state index in [1.807, 2.05) is 0 Å². The summed E-state index contributed by atoms with van der Waals surface area (Å²) in [6.45, 7) is 7.00. The van der Waals surface area contributed by atoms with Gasteiger partial charge >= 0.3 is 0 Å². The van der Waals surface area contributed by atoms with Crippen LogP contribution >= 0.6 is 0 Å². The average Bonchev–Trinajstić information content (AvgIpc) is 2.91. The van der Waals surface area contributed by atoms with Crippen LogP contribution < -0.4 is 15.8 Å². The highest BCUT2D eigenvalue weighted by molar-refractivity contribution is 5.40. The van der Waals surface area contributed by atoms with Gasteiger partial charge in [0, 0.05) is 19.0 Å². The van der Waals surface area contributed by atoms with Crippen LogP contribution in [-0.4, -0.2) is 19.7 Å². The molecule has 0 amide bonds. The summed E-state index contributed by atoms with van der Waals surface area (Å²) in [5.74, 6) is 1.78. The molecule has 1 aliphatic rings. The normalized spacial score (nSPS) is 15.4. The highest BCUT2D eigenvalue weighted by atomic mass is 16.5. The molecule has 3 heteroatoms. The van der Waals surface area contributed by atoms with Crippen molar-refractivity contribution >= 4 is 0 Å². The third-order valence-electron chi connectivity index (χ3n) is 4.16. The second-order valence-corrected chi connectivity index (χ2v) is 5.34. The van der Waals surface area contributed by atoms with Gasteiger partial charge in [-0.2, -0.15) is 0 Å². The standard InChI is InChI=1S/C16H26N2O/c1-3-12(4-2)11-18-15(10-17)13-5-6-16-14(9-13)7-8-19-16/h5-6,9,12,15,18H,3-4,7-8,10-11,17H2,1-2H3. The lowest BCUT2D eigenvalue weighted by Crippen LogP contribution is -2.32. The van der Waals surface area contributed by atoms with Crippen LogP contribution in [0, 0.1) is 5.92 Å². The fourth-order valence-corrected chi connectivity index (χ4v) is 2.65. The largest absolute Gasteiger partial charge is 0.493 e. The summed E-state index contributed by atoms with van der Waals surface area (Å²) in [5.41, 5.74) is 8.53. The number of nitrogens with two attached hydrogens (primary N) is 1. The van der Waals surface area contributed by atoms with Crippen LogP contribution in [0.4, 0.5) is 0 Å². The second-order valence-electron chi connectivity index (χ2n) is 5.34. The quantitative estimate of drug-likeness (QED) is 0.794. The van der Waals surface area contributed by atoms with Crippen LogP contribution in [0.5, 0.6) is 5.75 Å². The molecule has 1 aliphatic heterocycles. The van der Waals surface area contributed by atoms with Gasteiger partial charge in [0.05, 0.1) is 6.61 Å². The number of ether oxygens (including phenoxy) is 1. The van der Waals surface area contributed by atoms with Crippen molar-refractivity contribution in [2.45, 2.75) is 39.2 Å². The minimum Gasteiger partial charge on any atom is -0.493 e. The molecule has 106 valence electrons. The molecule has 2 rings (SSSR count). The van der Waals surface area contributed by atoms with E-state index in [1.54, 1.807) is 0 Å². The Hall–Kier alpha value is -1.06. The van der Waals surface area contributed by atoms with Crippen molar-refractivity contribution in [1.82, 2.24) is 5.32 Å². The number of rotatable bonds is 7. The fraction of sp³-hybridized carbons (Fsp3) is 0.625. The van der Waals surface area contributed by atoms with Crippen molar-refractivity contribution in [2.75, 3.05) is 19.7 Å². The topological polar surface area (TPSA) is 47.3 Å². The van der Waals surface area contributed by atoms with Crippen molar-refractivity contribution < 1.29 is 4.74 Å². The zero-order chi connectivity index (χ0) is 13.7. The van der Waals surface area contributed by atoms with Gasteiger partial charge in [0.25, 0.3) is 0 Å². The number of fused-ring (bicyclic) bond motifs is 1. The van der Waals surface area contributed by atoms with Gasteiger partial charge in [-0.1, -0.05) is 38.8 Å². The minimum atomic E-state index is 0.256. The van der Waals surface area contributed by atoms with Crippen LogP contribution in [0.25, 0.3) is 0 Å². The Labute approximate surface area is 116 Å². The lowest BCUT2D eigenvalue weighted by molar-refractivity contribution is 0.356. The van der Waals surface area contributed by atoms with Gasteiger partial charge in [-0.05, 0) is 29.7 Å². The summed E-state index contributed by atoms with van der Waals surface area (Å²) >= 11 is 0. The lowest BCUT2D eigenvalue weighted by Gasteiger charge is -2.21. The van der Waals surface area contributed by atoms with Crippen LogP contribution in [0.2, 0.25) is 0 Å². The molecule has 0 radical (unpaired) electrons. The zero-order valence-corrected chi connectivity index (χ0v) is 12.1. The average molecular weight is 262 g/mol. The SMILES string of the molecule is CCC(CC)CNC(CN)c1ccc2c(c1)CCO2. The molecule has 0 saturated carbocycles. The molecule has 1 atom stereocenters. The highest BCUT2D eigenvalue weighted by Crippen LogP contribution is 2.28. The second kappa shape index (κ2) is 6.92. The minimum absolute atomic E-state index is 0.256. The Morgan fingerprint density at radius 1 is 1.32 bits per heavy atom. The molecule has 0 saturated heterocycles. The summed E-state index contributed by atoms with van der Waals surface area (Å²) in [6.07, 6.45) is 3.46. The molecule has 0 bridgehead atoms. The molecule has 19 heavy (non-hydrogen) atoms. The lowest BCUT2D eigenvalue weighted by atomic mass is 10.00. The van der Waals surface area contributed by atoms with E-state index in [4.69, 9.17) is 10.5 Å². The van der Waals surface area contributed by atoms with Gasteiger partial charge < -0.3 is 15.8 Å². The number of nitrogens with one attached hydrogen (secondary N) is 1. The summed E-state index contributed by atoms with van der Waals surface area (Å²) in [7, 11) is 0. The molecule has 3 N–H and O–H groups in total. The molecular weight excluding hydrogens is 236 g/mol. The maximum atomic E-state index is 5.93. The maximum Gasteiger partial charge on any atom is 0.122 e. The van der Waals surface area contributed by atoms with Crippen molar-refractivity contribution in [1.29, 1.82) is 0 Å². The van der Waals surface area contributed by atoms with Gasteiger partial charge in [0.1, 0.15) is 5.75 Å². The zero-order valence-electron chi connectivity index (χ0n) is 12.1. The molecule has 0 aromatic heterocycles. The predicted molar refractivity (Wildman–Crippen MR) is 79.5 cm³/mol. The Morgan fingerprint density at radius 3 is 2.79 bits per heavy atom. The summed E-state index contributed by atoms with van der Waals surface area (Å²) in [4.78, 5) is 0. The molecule has 0 spiro atoms. The third kappa shape index (κ3) is 3.48. The Kier molecular flexibility index (Phi) is 5.23.